The molecule has 0 radical (unpaired) electrons. The summed E-state index contributed by atoms with van der Waals surface area (Å²) in [7, 11) is 0. The summed E-state index contributed by atoms with van der Waals surface area (Å²) in [5.74, 6) is -1.59. The zero-order chi connectivity index (χ0) is 22.4. The number of carbonyl (C=O) groups is 1. The normalized spacial score (nSPS) is 11.4. The Balaban J connectivity index is 1.79. The lowest BCUT2D eigenvalue weighted by molar-refractivity contribution is -0.156. The van der Waals surface area contributed by atoms with E-state index in [-0.39, 0.29) is 11.9 Å². The molecule has 0 N–H and O–H groups in total. The van der Waals surface area contributed by atoms with Gasteiger partial charge in [0.15, 0.2) is 0 Å². The van der Waals surface area contributed by atoms with Gasteiger partial charge < -0.3 is 14.2 Å². The average Bonchev–Trinajstić information content (AvgIpc) is 3.26. The van der Waals surface area contributed by atoms with E-state index in [9.17, 15) is 18.0 Å². The van der Waals surface area contributed by atoms with E-state index >= 15 is 0 Å². The number of alkyl halides is 3. The van der Waals surface area contributed by atoms with Crippen LogP contribution in [-0.2, 0) is 19.3 Å². The number of hydrogen-bond acceptors (Lipinski definition) is 4. The number of halogens is 3. The Morgan fingerprint density at radius 1 is 0.871 bits per heavy atom. The van der Waals surface area contributed by atoms with Crippen LogP contribution in [0.4, 0.5) is 18.0 Å². The fraction of sp³-hybridized carbons (Fsp3) is 0.318. The summed E-state index contributed by atoms with van der Waals surface area (Å²) in [5, 5.41) is 6.51. The van der Waals surface area contributed by atoms with E-state index in [4.69, 9.17) is 4.42 Å². The van der Waals surface area contributed by atoms with Crippen LogP contribution in [-0.4, -0.2) is 39.1 Å². The number of hydrogen-bond donors (Lipinski definition) is 0. The smallest absolute Gasteiger partial charge is 0.413 e. The second-order valence-electron chi connectivity index (χ2n) is 6.90. The second-order valence-corrected chi connectivity index (χ2v) is 6.90. The van der Waals surface area contributed by atoms with E-state index in [1.165, 1.54) is 0 Å². The Morgan fingerprint density at radius 2 is 1.45 bits per heavy atom. The lowest BCUT2D eigenvalue weighted by atomic mass is 10.1. The van der Waals surface area contributed by atoms with Crippen molar-refractivity contribution in [3.8, 4) is 11.5 Å². The number of aromatic nitrogens is 2. The molecular formula is C22H23F3N4O2. The Kier molecular flexibility index (Phi) is 6.94. The zero-order valence-corrected chi connectivity index (χ0v) is 17.3. The molecule has 0 aliphatic carbocycles. The highest BCUT2D eigenvalue weighted by molar-refractivity contribution is 5.74. The Morgan fingerprint density at radius 3 is 1.97 bits per heavy atom. The van der Waals surface area contributed by atoms with Gasteiger partial charge in [0, 0.05) is 31.7 Å². The van der Waals surface area contributed by atoms with Gasteiger partial charge in [-0.1, -0.05) is 42.5 Å². The summed E-state index contributed by atoms with van der Waals surface area (Å²) in [6.07, 6.45) is -4.69. The summed E-state index contributed by atoms with van der Waals surface area (Å²) in [5.41, 5.74) is 2.21. The van der Waals surface area contributed by atoms with Crippen molar-refractivity contribution < 1.29 is 22.4 Å². The van der Waals surface area contributed by atoms with Crippen LogP contribution < -0.4 is 0 Å². The number of rotatable bonds is 7. The van der Waals surface area contributed by atoms with Crippen LogP contribution in [0.15, 0.2) is 59.0 Å². The Hall–Kier alpha value is -3.36. The van der Waals surface area contributed by atoms with E-state index in [1.807, 2.05) is 44.2 Å². The molecule has 0 unspecified atom stereocenters. The van der Waals surface area contributed by atoms with Gasteiger partial charge in [0.1, 0.15) is 0 Å². The van der Waals surface area contributed by atoms with E-state index in [0.717, 1.165) is 11.1 Å². The molecule has 0 spiro atoms. The first-order chi connectivity index (χ1) is 14.8. The van der Waals surface area contributed by atoms with Gasteiger partial charge >= 0.3 is 18.1 Å². The van der Waals surface area contributed by atoms with Crippen LogP contribution >= 0.6 is 0 Å². The number of carbonyl (C=O) groups excluding carboxylic acids is 1. The number of benzene rings is 2. The summed E-state index contributed by atoms with van der Waals surface area (Å²) >= 11 is 0. The maximum absolute atomic E-state index is 13.0. The van der Waals surface area contributed by atoms with Crippen LogP contribution in [0.1, 0.15) is 30.9 Å². The van der Waals surface area contributed by atoms with Gasteiger partial charge in [-0.15, -0.1) is 10.2 Å². The molecule has 3 aromatic rings. The molecule has 164 valence electrons. The molecule has 2 amide bonds. The second kappa shape index (κ2) is 9.63. The first-order valence-corrected chi connectivity index (χ1v) is 9.89. The molecule has 0 aliphatic heterocycles. The van der Waals surface area contributed by atoms with Crippen LogP contribution in [0.3, 0.4) is 0 Å². The van der Waals surface area contributed by atoms with Gasteiger partial charge in [-0.25, -0.2) is 4.79 Å². The molecule has 0 atom stereocenters. The SMILES string of the molecule is CCN(CC)C(=O)N(Cc1ccccc1)Cc1ccc(-c2nnc(C(F)(F)F)o2)cc1. The first-order valence-electron chi connectivity index (χ1n) is 9.89. The van der Waals surface area contributed by atoms with E-state index < -0.39 is 12.1 Å². The zero-order valence-electron chi connectivity index (χ0n) is 17.3. The van der Waals surface area contributed by atoms with Crippen LogP contribution in [0.2, 0.25) is 0 Å². The maximum Gasteiger partial charge on any atom is 0.470 e. The molecule has 2 aromatic carbocycles. The third-order valence-electron chi connectivity index (χ3n) is 4.76. The molecule has 1 aromatic heterocycles. The molecule has 3 rings (SSSR count). The average molecular weight is 432 g/mol. The van der Waals surface area contributed by atoms with Gasteiger partial charge in [-0.05, 0) is 37.1 Å². The van der Waals surface area contributed by atoms with Gasteiger partial charge in [-0.3, -0.25) is 0 Å². The van der Waals surface area contributed by atoms with Crippen molar-refractivity contribution in [2.24, 2.45) is 0 Å². The number of nitrogens with zero attached hydrogens (tertiary/aromatic N) is 4. The molecule has 0 saturated heterocycles. The monoisotopic (exact) mass is 432 g/mol. The van der Waals surface area contributed by atoms with Gasteiger partial charge in [0.25, 0.3) is 0 Å². The minimum atomic E-state index is -4.69. The lowest BCUT2D eigenvalue weighted by Gasteiger charge is -2.29. The topological polar surface area (TPSA) is 62.5 Å². The fourth-order valence-corrected chi connectivity index (χ4v) is 3.12. The summed E-state index contributed by atoms with van der Waals surface area (Å²) in [6.45, 7) is 5.84. The highest BCUT2D eigenvalue weighted by Crippen LogP contribution is 2.30. The van der Waals surface area contributed by atoms with Crippen molar-refractivity contribution in [1.29, 1.82) is 0 Å². The Labute approximate surface area is 178 Å². The van der Waals surface area contributed by atoms with E-state index in [1.54, 1.807) is 34.1 Å². The van der Waals surface area contributed by atoms with Crippen molar-refractivity contribution in [3.63, 3.8) is 0 Å². The highest BCUT2D eigenvalue weighted by atomic mass is 19.4. The van der Waals surface area contributed by atoms with Crippen molar-refractivity contribution in [2.75, 3.05) is 13.1 Å². The van der Waals surface area contributed by atoms with Crippen molar-refractivity contribution >= 4 is 6.03 Å². The van der Waals surface area contributed by atoms with Crippen LogP contribution in [0, 0.1) is 0 Å². The maximum atomic E-state index is 13.0. The van der Waals surface area contributed by atoms with Gasteiger partial charge in [0.05, 0.1) is 0 Å². The highest BCUT2D eigenvalue weighted by Gasteiger charge is 2.38. The van der Waals surface area contributed by atoms with Crippen molar-refractivity contribution in [2.45, 2.75) is 33.1 Å². The standard InChI is InChI=1S/C22H23F3N4O2/c1-3-28(4-2)21(30)29(14-16-8-6-5-7-9-16)15-17-10-12-18(13-11-17)19-26-27-20(31-19)22(23,24)25/h5-13H,3-4,14-15H2,1-2H3. The largest absolute Gasteiger partial charge is 0.470 e. The molecule has 9 heteroatoms. The first kappa shape index (κ1) is 22.3. The molecule has 0 bridgehead atoms. The van der Waals surface area contributed by atoms with E-state index in [0.29, 0.717) is 31.7 Å². The molecule has 0 aliphatic rings. The van der Waals surface area contributed by atoms with Crippen molar-refractivity contribution in [3.05, 3.63) is 71.6 Å². The Bertz CT molecular complexity index is 984. The molecule has 0 saturated carbocycles. The molecule has 31 heavy (non-hydrogen) atoms. The van der Waals surface area contributed by atoms with E-state index in [2.05, 4.69) is 10.2 Å². The van der Waals surface area contributed by atoms with Gasteiger partial charge in [0.2, 0.25) is 5.89 Å². The van der Waals surface area contributed by atoms with Gasteiger partial charge in [-0.2, -0.15) is 13.2 Å². The summed E-state index contributed by atoms with van der Waals surface area (Å²) in [4.78, 5) is 16.5. The predicted octanol–water partition coefficient (Wildman–Crippen LogP) is 5.22. The van der Waals surface area contributed by atoms with Crippen LogP contribution in [0.5, 0.6) is 0 Å². The predicted molar refractivity (Wildman–Crippen MR) is 109 cm³/mol. The number of amides is 2. The molecule has 0 fully saturated rings. The third kappa shape index (κ3) is 5.62. The molecule has 1 heterocycles. The summed E-state index contributed by atoms with van der Waals surface area (Å²) < 4.78 is 42.7. The molecular weight excluding hydrogens is 409 g/mol. The van der Waals surface area contributed by atoms with Crippen molar-refractivity contribution in [1.82, 2.24) is 20.0 Å². The number of urea groups is 1. The minimum absolute atomic E-state index is 0.0790. The third-order valence-corrected chi connectivity index (χ3v) is 4.76. The molecule has 6 nitrogen and oxygen atoms in total. The summed E-state index contributed by atoms with van der Waals surface area (Å²) in [6, 6.07) is 16.3. The minimum Gasteiger partial charge on any atom is -0.413 e. The lowest BCUT2D eigenvalue weighted by Crippen LogP contribution is -2.42. The fourth-order valence-electron chi connectivity index (χ4n) is 3.12. The van der Waals surface area contributed by atoms with Crippen LogP contribution in [0.25, 0.3) is 11.5 Å². The quantitative estimate of drug-likeness (QED) is 0.514.